The van der Waals surface area contributed by atoms with Crippen LogP contribution in [-0.4, -0.2) is 9.97 Å². The SMILES string of the molecule is CC1=Cc2c(cncc2-c2ccc3ccccc3n2)CC1. The average molecular weight is 272 g/mol. The summed E-state index contributed by atoms with van der Waals surface area (Å²) in [6.45, 7) is 2.20. The first kappa shape index (κ1) is 12.3. The Hall–Kier alpha value is -2.48. The lowest BCUT2D eigenvalue weighted by atomic mass is 9.90. The Balaban J connectivity index is 1.93. The largest absolute Gasteiger partial charge is 0.264 e. The molecular weight excluding hydrogens is 256 g/mol. The van der Waals surface area contributed by atoms with Crippen molar-refractivity contribution in [3.05, 3.63) is 65.5 Å². The first-order valence-electron chi connectivity index (χ1n) is 7.31. The summed E-state index contributed by atoms with van der Waals surface area (Å²) in [6.07, 6.45) is 8.41. The molecule has 2 aromatic heterocycles. The molecule has 0 saturated heterocycles. The molecule has 4 rings (SSSR count). The fraction of sp³-hybridized carbons (Fsp3) is 0.158. The number of para-hydroxylation sites is 1. The Bertz CT molecular complexity index is 862. The van der Waals surface area contributed by atoms with Gasteiger partial charge in [0, 0.05) is 23.3 Å². The van der Waals surface area contributed by atoms with Crippen LogP contribution in [-0.2, 0) is 6.42 Å². The van der Waals surface area contributed by atoms with Crippen molar-refractivity contribution in [3.63, 3.8) is 0 Å². The Morgan fingerprint density at radius 2 is 1.86 bits per heavy atom. The highest BCUT2D eigenvalue weighted by molar-refractivity contribution is 5.84. The number of allylic oxidation sites excluding steroid dienone is 1. The Labute approximate surface area is 124 Å². The van der Waals surface area contributed by atoms with Gasteiger partial charge in [0.05, 0.1) is 11.2 Å². The molecule has 0 atom stereocenters. The van der Waals surface area contributed by atoms with Crippen molar-refractivity contribution < 1.29 is 0 Å². The van der Waals surface area contributed by atoms with E-state index in [1.165, 1.54) is 22.1 Å². The maximum absolute atomic E-state index is 4.81. The normalized spacial score (nSPS) is 13.9. The molecule has 2 nitrogen and oxygen atoms in total. The van der Waals surface area contributed by atoms with Gasteiger partial charge in [0.2, 0.25) is 0 Å². The number of hydrogen-bond acceptors (Lipinski definition) is 2. The van der Waals surface area contributed by atoms with Crippen molar-refractivity contribution in [3.8, 4) is 11.3 Å². The minimum atomic E-state index is 1.00. The molecule has 0 N–H and O–H groups in total. The van der Waals surface area contributed by atoms with Gasteiger partial charge in [-0.2, -0.15) is 0 Å². The van der Waals surface area contributed by atoms with Crippen LogP contribution < -0.4 is 0 Å². The molecule has 0 spiro atoms. The monoisotopic (exact) mass is 272 g/mol. The summed E-state index contributed by atoms with van der Waals surface area (Å²) >= 11 is 0. The minimum absolute atomic E-state index is 1.00. The molecule has 1 aromatic carbocycles. The van der Waals surface area contributed by atoms with Gasteiger partial charge in [-0.25, -0.2) is 4.98 Å². The van der Waals surface area contributed by atoms with Gasteiger partial charge in [0.1, 0.15) is 0 Å². The second kappa shape index (κ2) is 4.81. The van der Waals surface area contributed by atoms with Gasteiger partial charge in [0.25, 0.3) is 0 Å². The van der Waals surface area contributed by atoms with Crippen LogP contribution in [0.3, 0.4) is 0 Å². The van der Waals surface area contributed by atoms with Gasteiger partial charge in [-0.15, -0.1) is 0 Å². The van der Waals surface area contributed by atoms with Gasteiger partial charge in [0.15, 0.2) is 0 Å². The van der Waals surface area contributed by atoms with E-state index in [4.69, 9.17) is 4.98 Å². The van der Waals surface area contributed by atoms with E-state index in [-0.39, 0.29) is 0 Å². The highest BCUT2D eigenvalue weighted by atomic mass is 14.7. The van der Waals surface area contributed by atoms with E-state index >= 15 is 0 Å². The molecule has 0 amide bonds. The highest BCUT2D eigenvalue weighted by Crippen LogP contribution is 2.31. The summed E-state index contributed by atoms with van der Waals surface area (Å²) in [5.74, 6) is 0. The fourth-order valence-electron chi connectivity index (χ4n) is 2.95. The molecule has 2 heterocycles. The maximum atomic E-state index is 4.81. The Morgan fingerprint density at radius 1 is 0.952 bits per heavy atom. The van der Waals surface area contributed by atoms with E-state index in [2.05, 4.69) is 42.2 Å². The summed E-state index contributed by atoms with van der Waals surface area (Å²) in [6, 6.07) is 12.5. The van der Waals surface area contributed by atoms with Gasteiger partial charge in [-0.1, -0.05) is 35.9 Å². The van der Waals surface area contributed by atoms with Crippen LogP contribution in [0.2, 0.25) is 0 Å². The molecule has 0 saturated carbocycles. The summed E-state index contributed by atoms with van der Waals surface area (Å²) in [4.78, 5) is 9.22. The third-order valence-electron chi connectivity index (χ3n) is 4.12. The second-order valence-electron chi connectivity index (χ2n) is 5.64. The number of pyridine rings is 2. The lowest BCUT2D eigenvalue weighted by Gasteiger charge is -2.17. The predicted molar refractivity (Wildman–Crippen MR) is 86.9 cm³/mol. The molecule has 102 valence electrons. The van der Waals surface area contributed by atoms with Gasteiger partial charge in [-0.3, -0.25) is 4.98 Å². The zero-order chi connectivity index (χ0) is 14.2. The van der Waals surface area contributed by atoms with E-state index in [9.17, 15) is 0 Å². The number of benzene rings is 1. The van der Waals surface area contributed by atoms with Crippen molar-refractivity contribution >= 4 is 17.0 Å². The van der Waals surface area contributed by atoms with Gasteiger partial charge < -0.3 is 0 Å². The van der Waals surface area contributed by atoms with Crippen molar-refractivity contribution in [2.24, 2.45) is 0 Å². The molecule has 0 fully saturated rings. The molecule has 1 aliphatic rings. The average Bonchev–Trinajstić information content (AvgIpc) is 2.54. The van der Waals surface area contributed by atoms with Crippen LogP contribution in [0.4, 0.5) is 0 Å². The second-order valence-corrected chi connectivity index (χ2v) is 5.64. The van der Waals surface area contributed by atoms with Crippen LogP contribution in [0.5, 0.6) is 0 Å². The number of aromatic nitrogens is 2. The van der Waals surface area contributed by atoms with Crippen molar-refractivity contribution in [2.45, 2.75) is 19.8 Å². The van der Waals surface area contributed by atoms with Crippen LogP contribution in [0, 0.1) is 0 Å². The van der Waals surface area contributed by atoms with Crippen LogP contribution in [0.15, 0.2) is 54.4 Å². The van der Waals surface area contributed by atoms with E-state index in [1.807, 2.05) is 24.5 Å². The molecule has 0 aliphatic heterocycles. The molecular formula is C19H16N2. The topological polar surface area (TPSA) is 25.8 Å². The molecule has 21 heavy (non-hydrogen) atoms. The summed E-state index contributed by atoms with van der Waals surface area (Å²) in [5, 5.41) is 1.17. The predicted octanol–water partition coefficient (Wildman–Crippen LogP) is 4.65. The quantitative estimate of drug-likeness (QED) is 0.644. The third kappa shape index (κ3) is 2.13. The van der Waals surface area contributed by atoms with E-state index in [1.54, 1.807) is 0 Å². The Morgan fingerprint density at radius 3 is 2.81 bits per heavy atom. The molecule has 3 aromatic rings. The Kier molecular flexibility index (Phi) is 2.81. The third-order valence-corrected chi connectivity index (χ3v) is 4.12. The van der Waals surface area contributed by atoms with Crippen LogP contribution >= 0.6 is 0 Å². The lowest BCUT2D eigenvalue weighted by Crippen LogP contribution is -2.01. The van der Waals surface area contributed by atoms with E-state index < -0.39 is 0 Å². The fourth-order valence-corrected chi connectivity index (χ4v) is 2.95. The van der Waals surface area contributed by atoms with E-state index in [0.717, 1.165) is 29.6 Å². The first-order valence-corrected chi connectivity index (χ1v) is 7.31. The van der Waals surface area contributed by atoms with Crippen molar-refractivity contribution in [1.82, 2.24) is 9.97 Å². The smallest absolute Gasteiger partial charge is 0.0731 e. The number of rotatable bonds is 1. The maximum Gasteiger partial charge on any atom is 0.0731 e. The first-order chi connectivity index (χ1) is 10.3. The standard InChI is InChI=1S/C19H16N2/c1-13-6-7-15-11-20-12-17(16(15)10-13)19-9-8-14-4-2-3-5-18(14)21-19/h2-5,8-12H,6-7H2,1H3. The number of hydrogen-bond donors (Lipinski definition) is 0. The number of aryl methyl sites for hydroxylation is 1. The van der Waals surface area contributed by atoms with Crippen LogP contribution in [0.25, 0.3) is 28.2 Å². The molecule has 0 bridgehead atoms. The van der Waals surface area contributed by atoms with Crippen molar-refractivity contribution in [1.29, 1.82) is 0 Å². The summed E-state index contributed by atoms with van der Waals surface area (Å²) < 4.78 is 0. The molecule has 2 heteroatoms. The van der Waals surface area contributed by atoms with Crippen molar-refractivity contribution in [2.75, 3.05) is 0 Å². The minimum Gasteiger partial charge on any atom is -0.264 e. The number of fused-ring (bicyclic) bond motifs is 2. The highest BCUT2D eigenvalue weighted by Gasteiger charge is 2.14. The molecule has 0 unspecified atom stereocenters. The summed E-state index contributed by atoms with van der Waals surface area (Å²) in [5.41, 5.74) is 7.21. The van der Waals surface area contributed by atoms with Gasteiger partial charge >= 0.3 is 0 Å². The lowest BCUT2D eigenvalue weighted by molar-refractivity contribution is 0.918. The molecule has 0 radical (unpaired) electrons. The van der Waals surface area contributed by atoms with Gasteiger partial charge in [-0.05, 0) is 43.0 Å². The summed E-state index contributed by atoms with van der Waals surface area (Å²) in [7, 11) is 0. The zero-order valence-electron chi connectivity index (χ0n) is 12.0. The van der Waals surface area contributed by atoms with E-state index in [0.29, 0.717) is 0 Å². The number of nitrogens with zero attached hydrogens (tertiary/aromatic N) is 2. The zero-order valence-corrected chi connectivity index (χ0v) is 12.0. The van der Waals surface area contributed by atoms with Crippen LogP contribution in [0.1, 0.15) is 24.5 Å². The molecule has 1 aliphatic carbocycles.